The number of benzene rings is 1. The number of hydrogen-bond donors (Lipinski definition) is 1. The fourth-order valence-corrected chi connectivity index (χ4v) is 5.08. The summed E-state index contributed by atoms with van der Waals surface area (Å²) in [4.78, 5) is 31.6. The van der Waals surface area contributed by atoms with Crippen molar-refractivity contribution in [3.63, 3.8) is 0 Å². The van der Waals surface area contributed by atoms with Gasteiger partial charge in [-0.15, -0.1) is 0 Å². The van der Waals surface area contributed by atoms with Gasteiger partial charge in [-0.3, -0.25) is 14.5 Å². The molecule has 3 heterocycles. The Morgan fingerprint density at radius 1 is 1.03 bits per heavy atom. The van der Waals surface area contributed by atoms with E-state index >= 15 is 0 Å². The van der Waals surface area contributed by atoms with Crippen LogP contribution in [0.1, 0.15) is 48.0 Å². The van der Waals surface area contributed by atoms with Crippen molar-refractivity contribution in [3.05, 3.63) is 41.5 Å². The average molecular weight is 412 g/mol. The highest BCUT2D eigenvalue weighted by Crippen LogP contribution is 2.41. The lowest BCUT2D eigenvalue weighted by Crippen LogP contribution is -2.44. The van der Waals surface area contributed by atoms with E-state index in [4.69, 9.17) is 0 Å². The topological polar surface area (TPSA) is 64.1 Å². The van der Waals surface area contributed by atoms with Crippen LogP contribution in [0.3, 0.4) is 0 Å². The summed E-state index contributed by atoms with van der Waals surface area (Å²) in [5, 5.41) is 10.2. The van der Waals surface area contributed by atoms with Gasteiger partial charge in [0.05, 0.1) is 5.56 Å². The smallest absolute Gasteiger partial charge is 0.257 e. The van der Waals surface area contributed by atoms with E-state index in [0.29, 0.717) is 12.1 Å². The summed E-state index contributed by atoms with van der Waals surface area (Å²) in [6.07, 6.45) is 9.10. The number of nitrogens with zero attached hydrogens (tertiary/aromatic N) is 3. The fraction of sp³-hybridized carbons (Fsp3) is 0.583. The highest BCUT2D eigenvalue weighted by atomic mass is 16.3. The molecule has 0 saturated carbocycles. The van der Waals surface area contributed by atoms with Gasteiger partial charge in [-0.2, -0.15) is 0 Å². The van der Waals surface area contributed by atoms with E-state index in [1.54, 1.807) is 18.2 Å². The molecule has 3 aliphatic rings. The average Bonchev–Trinajstić information content (AvgIpc) is 3.39. The highest BCUT2D eigenvalue weighted by Gasteiger charge is 2.42. The second kappa shape index (κ2) is 8.80. The zero-order valence-corrected chi connectivity index (χ0v) is 18.0. The van der Waals surface area contributed by atoms with E-state index in [0.717, 1.165) is 64.1 Å². The van der Waals surface area contributed by atoms with Crippen LogP contribution < -0.4 is 0 Å². The number of phenols is 1. The Balaban J connectivity index is 1.28. The van der Waals surface area contributed by atoms with Crippen molar-refractivity contribution in [2.75, 3.05) is 45.8 Å². The zero-order valence-electron chi connectivity index (χ0n) is 18.0. The fourth-order valence-electron chi connectivity index (χ4n) is 5.08. The number of carbonyl (C=O) groups excluding carboxylic acids is 2. The number of hydrogen-bond acceptors (Lipinski definition) is 4. The molecule has 6 heteroatoms. The van der Waals surface area contributed by atoms with Crippen molar-refractivity contribution in [1.82, 2.24) is 14.7 Å². The Morgan fingerprint density at radius 3 is 2.37 bits per heavy atom. The predicted octanol–water partition coefficient (Wildman–Crippen LogP) is 2.81. The maximum absolute atomic E-state index is 12.9. The Kier molecular flexibility index (Phi) is 6.14. The first-order valence-corrected chi connectivity index (χ1v) is 11.2. The standard InChI is InChI=1S/C24H33N3O3/c1-19-6-7-20(21(28)17-19)23(30)27-16-10-24(18-27)8-14-26(15-9-24)22(29)5-4-13-25-11-2-3-12-25/h4-7,17,28H,2-3,8-16,18H2,1H3. The minimum absolute atomic E-state index is 0.0575. The molecule has 0 radical (unpaired) electrons. The van der Waals surface area contributed by atoms with Gasteiger partial charge in [-0.05, 0) is 75.2 Å². The lowest BCUT2D eigenvalue weighted by Gasteiger charge is -2.39. The van der Waals surface area contributed by atoms with Gasteiger partial charge in [0.2, 0.25) is 5.91 Å². The molecule has 6 nitrogen and oxygen atoms in total. The van der Waals surface area contributed by atoms with Crippen molar-refractivity contribution < 1.29 is 14.7 Å². The monoisotopic (exact) mass is 411 g/mol. The predicted molar refractivity (Wildman–Crippen MR) is 116 cm³/mol. The van der Waals surface area contributed by atoms with Gasteiger partial charge in [0.25, 0.3) is 5.91 Å². The van der Waals surface area contributed by atoms with Crippen molar-refractivity contribution in [1.29, 1.82) is 0 Å². The van der Waals surface area contributed by atoms with Gasteiger partial charge in [0, 0.05) is 38.8 Å². The minimum atomic E-state index is -0.0901. The third-order valence-corrected chi connectivity index (χ3v) is 7.07. The molecular weight excluding hydrogens is 378 g/mol. The minimum Gasteiger partial charge on any atom is -0.507 e. The lowest BCUT2D eigenvalue weighted by molar-refractivity contribution is -0.128. The van der Waals surface area contributed by atoms with Crippen molar-refractivity contribution in [2.24, 2.45) is 5.41 Å². The Labute approximate surface area is 179 Å². The summed E-state index contributed by atoms with van der Waals surface area (Å²) >= 11 is 0. The van der Waals surface area contributed by atoms with Crippen LogP contribution in [-0.4, -0.2) is 77.4 Å². The van der Waals surface area contributed by atoms with Crippen LogP contribution >= 0.6 is 0 Å². The summed E-state index contributed by atoms with van der Waals surface area (Å²) in [5.74, 6) is 0.0781. The molecule has 30 heavy (non-hydrogen) atoms. The number of aromatic hydroxyl groups is 1. The van der Waals surface area contributed by atoms with Crippen LogP contribution in [0.4, 0.5) is 0 Å². The maximum Gasteiger partial charge on any atom is 0.257 e. The molecule has 1 spiro atoms. The van der Waals surface area contributed by atoms with E-state index in [2.05, 4.69) is 4.90 Å². The van der Waals surface area contributed by atoms with Crippen molar-refractivity contribution in [3.8, 4) is 5.75 Å². The first-order chi connectivity index (χ1) is 14.5. The van der Waals surface area contributed by atoms with Gasteiger partial charge in [-0.25, -0.2) is 0 Å². The second-order valence-corrected chi connectivity index (χ2v) is 9.23. The quantitative estimate of drug-likeness (QED) is 0.774. The lowest BCUT2D eigenvalue weighted by atomic mass is 9.78. The van der Waals surface area contributed by atoms with Gasteiger partial charge in [0.1, 0.15) is 5.75 Å². The van der Waals surface area contributed by atoms with Crippen LogP contribution in [0.25, 0.3) is 0 Å². The Bertz CT molecular complexity index is 821. The highest BCUT2D eigenvalue weighted by molar-refractivity contribution is 5.97. The number of aryl methyl sites for hydroxylation is 1. The Hall–Kier alpha value is -2.34. The van der Waals surface area contributed by atoms with E-state index in [9.17, 15) is 14.7 Å². The third-order valence-electron chi connectivity index (χ3n) is 7.07. The van der Waals surface area contributed by atoms with Gasteiger partial charge >= 0.3 is 0 Å². The molecule has 2 amide bonds. The van der Waals surface area contributed by atoms with Crippen LogP contribution in [0, 0.1) is 12.3 Å². The van der Waals surface area contributed by atoms with Gasteiger partial charge in [-0.1, -0.05) is 12.1 Å². The molecule has 0 atom stereocenters. The summed E-state index contributed by atoms with van der Waals surface area (Å²) in [6, 6.07) is 5.22. The molecule has 3 fully saturated rings. The first-order valence-electron chi connectivity index (χ1n) is 11.2. The molecular formula is C24H33N3O3. The number of likely N-dealkylation sites (tertiary alicyclic amines) is 3. The van der Waals surface area contributed by atoms with Crippen LogP contribution in [0.15, 0.2) is 30.4 Å². The molecule has 3 aliphatic heterocycles. The van der Waals surface area contributed by atoms with E-state index in [1.807, 2.05) is 28.9 Å². The first kappa shape index (κ1) is 20.9. The molecule has 1 aromatic carbocycles. The summed E-state index contributed by atoms with van der Waals surface area (Å²) in [7, 11) is 0. The molecule has 0 unspecified atom stereocenters. The Morgan fingerprint density at radius 2 is 1.70 bits per heavy atom. The number of carbonyl (C=O) groups is 2. The second-order valence-electron chi connectivity index (χ2n) is 9.23. The summed E-state index contributed by atoms with van der Waals surface area (Å²) < 4.78 is 0. The molecule has 0 bridgehead atoms. The largest absolute Gasteiger partial charge is 0.507 e. The molecule has 162 valence electrons. The molecule has 1 N–H and O–H groups in total. The van der Waals surface area contributed by atoms with Crippen LogP contribution in [0.5, 0.6) is 5.75 Å². The van der Waals surface area contributed by atoms with Crippen LogP contribution in [0.2, 0.25) is 0 Å². The maximum atomic E-state index is 12.9. The zero-order chi connectivity index (χ0) is 21.1. The van der Waals surface area contributed by atoms with E-state index in [1.165, 1.54) is 12.8 Å². The van der Waals surface area contributed by atoms with Gasteiger partial charge in [0.15, 0.2) is 0 Å². The third kappa shape index (κ3) is 4.53. The van der Waals surface area contributed by atoms with Gasteiger partial charge < -0.3 is 14.9 Å². The molecule has 0 aromatic heterocycles. The number of piperidine rings is 1. The van der Waals surface area contributed by atoms with E-state index < -0.39 is 0 Å². The molecule has 1 aromatic rings. The molecule has 4 rings (SSSR count). The normalized spacial score (nSPS) is 21.8. The number of rotatable bonds is 4. The molecule has 3 saturated heterocycles. The summed E-state index contributed by atoms with van der Waals surface area (Å²) in [5.41, 5.74) is 1.42. The molecule has 0 aliphatic carbocycles. The SMILES string of the molecule is Cc1ccc(C(=O)N2CCC3(CCN(C(=O)C=CCN4CCCC4)CC3)C2)c(O)c1. The number of phenolic OH excluding ortho intramolecular Hbond substituents is 1. The van der Waals surface area contributed by atoms with E-state index in [-0.39, 0.29) is 23.0 Å². The van der Waals surface area contributed by atoms with Crippen molar-refractivity contribution in [2.45, 2.75) is 39.0 Å². The van der Waals surface area contributed by atoms with Crippen molar-refractivity contribution >= 4 is 11.8 Å². The number of amides is 2. The van der Waals surface area contributed by atoms with Crippen LogP contribution in [-0.2, 0) is 4.79 Å². The summed E-state index contributed by atoms with van der Waals surface area (Å²) in [6.45, 7) is 7.99.